The SMILES string of the molecule is CCCCCCCCCCCCCC[N+](C)(C)CC(=O)OCC. The Bertz CT molecular complexity index is 277. The zero-order valence-electron chi connectivity index (χ0n) is 16.4. The topological polar surface area (TPSA) is 26.3 Å². The molecule has 0 saturated carbocycles. The first kappa shape index (κ1) is 22.4. The third kappa shape index (κ3) is 16.1. The molecule has 0 aromatic rings. The van der Waals surface area contributed by atoms with Crippen LogP contribution in [0.4, 0.5) is 0 Å². The number of rotatable bonds is 16. The standard InChI is InChI=1S/C20H42NO2/c1-5-7-8-9-10-11-12-13-14-15-16-17-18-21(3,4)19-20(22)23-6-2/h5-19H2,1-4H3/q+1. The highest BCUT2D eigenvalue weighted by Crippen LogP contribution is 2.12. The van der Waals surface area contributed by atoms with E-state index in [9.17, 15) is 4.79 Å². The van der Waals surface area contributed by atoms with E-state index in [1.165, 1.54) is 77.0 Å². The molecule has 138 valence electrons. The van der Waals surface area contributed by atoms with E-state index in [1.54, 1.807) is 0 Å². The van der Waals surface area contributed by atoms with Gasteiger partial charge in [0.2, 0.25) is 0 Å². The molecule has 0 bridgehead atoms. The van der Waals surface area contributed by atoms with Gasteiger partial charge in [-0.3, -0.25) is 0 Å². The van der Waals surface area contributed by atoms with Crippen molar-refractivity contribution in [3.05, 3.63) is 0 Å². The van der Waals surface area contributed by atoms with Crippen LogP contribution in [0, 0.1) is 0 Å². The van der Waals surface area contributed by atoms with Gasteiger partial charge in [0, 0.05) is 0 Å². The normalized spacial score (nSPS) is 11.7. The Kier molecular flexibility index (Phi) is 14.6. The third-order valence-corrected chi connectivity index (χ3v) is 4.48. The van der Waals surface area contributed by atoms with Crippen LogP contribution < -0.4 is 0 Å². The summed E-state index contributed by atoms with van der Waals surface area (Å²) >= 11 is 0. The largest absolute Gasteiger partial charge is 0.462 e. The van der Waals surface area contributed by atoms with E-state index in [2.05, 4.69) is 21.0 Å². The molecule has 0 aromatic carbocycles. The number of likely N-dealkylation sites (N-methyl/N-ethyl adjacent to an activating group) is 1. The molecule has 0 aliphatic carbocycles. The maximum Gasteiger partial charge on any atom is 0.361 e. The highest BCUT2D eigenvalue weighted by molar-refractivity contribution is 5.70. The van der Waals surface area contributed by atoms with Gasteiger partial charge in [0.05, 0.1) is 27.2 Å². The van der Waals surface area contributed by atoms with Crippen molar-refractivity contribution in [2.75, 3.05) is 33.8 Å². The Hall–Kier alpha value is -0.570. The van der Waals surface area contributed by atoms with Crippen LogP contribution in [0.1, 0.15) is 90.9 Å². The minimum Gasteiger partial charge on any atom is -0.462 e. The van der Waals surface area contributed by atoms with Gasteiger partial charge < -0.3 is 9.22 Å². The lowest BCUT2D eigenvalue weighted by molar-refractivity contribution is -0.883. The van der Waals surface area contributed by atoms with Crippen molar-refractivity contribution in [1.29, 1.82) is 0 Å². The van der Waals surface area contributed by atoms with Crippen LogP contribution in [0.2, 0.25) is 0 Å². The summed E-state index contributed by atoms with van der Waals surface area (Å²) in [6.07, 6.45) is 16.5. The summed E-state index contributed by atoms with van der Waals surface area (Å²) in [5, 5.41) is 0. The first-order valence-electron chi connectivity index (χ1n) is 9.99. The van der Waals surface area contributed by atoms with Crippen molar-refractivity contribution in [3.63, 3.8) is 0 Å². The summed E-state index contributed by atoms with van der Waals surface area (Å²) in [6.45, 7) is 6.18. The lowest BCUT2D eigenvalue weighted by Gasteiger charge is -2.28. The maximum atomic E-state index is 11.5. The number of unbranched alkanes of at least 4 members (excludes halogenated alkanes) is 11. The number of hydrogen-bond donors (Lipinski definition) is 0. The number of quaternary nitrogens is 1. The van der Waals surface area contributed by atoms with E-state index in [1.807, 2.05) is 6.92 Å². The molecule has 3 heteroatoms. The molecule has 0 aromatic heterocycles. The van der Waals surface area contributed by atoms with Gasteiger partial charge in [-0.2, -0.15) is 0 Å². The molecule has 0 saturated heterocycles. The minimum absolute atomic E-state index is 0.0727. The molecule has 23 heavy (non-hydrogen) atoms. The number of ether oxygens (including phenoxy) is 1. The molecule has 0 heterocycles. The summed E-state index contributed by atoms with van der Waals surface area (Å²) in [7, 11) is 4.24. The first-order valence-corrected chi connectivity index (χ1v) is 9.99. The Labute approximate surface area is 145 Å². The molecule has 0 aliphatic rings. The second kappa shape index (κ2) is 15.0. The molecule has 0 N–H and O–H groups in total. The fourth-order valence-electron chi connectivity index (χ4n) is 3.02. The molecule has 0 fully saturated rings. The first-order chi connectivity index (χ1) is 11.0. The number of carbonyl (C=O) groups excluding carboxylic acids is 1. The molecule has 0 unspecified atom stereocenters. The summed E-state index contributed by atoms with van der Waals surface area (Å²) in [5.41, 5.74) is 0. The van der Waals surface area contributed by atoms with Gasteiger partial charge in [0.1, 0.15) is 0 Å². The molecular formula is C20H42NO2+. The predicted octanol–water partition coefficient (Wildman–Crippen LogP) is 5.33. The lowest BCUT2D eigenvalue weighted by Crippen LogP contribution is -2.45. The number of hydrogen-bond acceptors (Lipinski definition) is 2. The Morgan fingerprint density at radius 2 is 1.17 bits per heavy atom. The lowest BCUT2D eigenvalue weighted by atomic mass is 10.1. The van der Waals surface area contributed by atoms with Gasteiger partial charge in [-0.1, -0.05) is 71.1 Å². The Morgan fingerprint density at radius 1 is 0.739 bits per heavy atom. The van der Waals surface area contributed by atoms with Crippen LogP contribution in [0.25, 0.3) is 0 Å². The van der Waals surface area contributed by atoms with Gasteiger partial charge in [0.25, 0.3) is 0 Å². The van der Waals surface area contributed by atoms with E-state index >= 15 is 0 Å². The highest BCUT2D eigenvalue weighted by atomic mass is 16.5. The van der Waals surface area contributed by atoms with Crippen LogP contribution >= 0.6 is 0 Å². The second-order valence-electron chi connectivity index (χ2n) is 7.51. The number of carbonyl (C=O) groups is 1. The van der Waals surface area contributed by atoms with E-state index < -0.39 is 0 Å². The van der Waals surface area contributed by atoms with Crippen molar-refractivity contribution in [2.24, 2.45) is 0 Å². The van der Waals surface area contributed by atoms with E-state index in [-0.39, 0.29) is 5.97 Å². The minimum atomic E-state index is -0.0727. The van der Waals surface area contributed by atoms with Crippen molar-refractivity contribution < 1.29 is 14.0 Å². The maximum absolute atomic E-state index is 11.5. The quantitative estimate of drug-likeness (QED) is 0.217. The van der Waals surface area contributed by atoms with Crippen LogP contribution in [0.15, 0.2) is 0 Å². The van der Waals surface area contributed by atoms with Gasteiger partial charge in [-0.25, -0.2) is 4.79 Å². The molecule has 0 atom stereocenters. The second-order valence-corrected chi connectivity index (χ2v) is 7.51. The number of nitrogens with zero attached hydrogens (tertiary/aromatic N) is 1. The van der Waals surface area contributed by atoms with Crippen molar-refractivity contribution in [3.8, 4) is 0 Å². The number of esters is 1. The average molecular weight is 329 g/mol. The smallest absolute Gasteiger partial charge is 0.361 e. The monoisotopic (exact) mass is 328 g/mol. The Morgan fingerprint density at radius 3 is 1.61 bits per heavy atom. The summed E-state index contributed by atoms with van der Waals surface area (Å²) in [5.74, 6) is -0.0727. The van der Waals surface area contributed by atoms with Crippen LogP contribution in [-0.2, 0) is 9.53 Å². The van der Waals surface area contributed by atoms with Gasteiger partial charge >= 0.3 is 5.97 Å². The molecule has 0 radical (unpaired) electrons. The van der Waals surface area contributed by atoms with Gasteiger partial charge in [0.15, 0.2) is 6.54 Å². The fraction of sp³-hybridized carbons (Fsp3) is 0.950. The van der Waals surface area contributed by atoms with Crippen molar-refractivity contribution in [1.82, 2.24) is 0 Å². The molecule has 0 rings (SSSR count). The van der Waals surface area contributed by atoms with E-state index in [4.69, 9.17) is 4.74 Å². The molecule has 0 spiro atoms. The average Bonchev–Trinajstić information content (AvgIpc) is 2.48. The summed E-state index contributed by atoms with van der Waals surface area (Å²) in [4.78, 5) is 11.5. The summed E-state index contributed by atoms with van der Waals surface area (Å²) in [6, 6.07) is 0. The predicted molar refractivity (Wildman–Crippen MR) is 99.6 cm³/mol. The third-order valence-electron chi connectivity index (χ3n) is 4.48. The van der Waals surface area contributed by atoms with Crippen LogP contribution in [-0.4, -0.2) is 44.2 Å². The Balaban J connectivity index is 3.36. The fourth-order valence-corrected chi connectivity index (χ4v) is 3.02. The zero-order chi connectivity index (χ0) is 17.4. The molecule has 0 amide bonds. The van der Waals surface area contributed by atoms with Gasteiger partial charge in [-0.15, -0.1) is 0 Å². The van der Waals surface area contributed by atoms with E-state index in [0.29, 0.717) is 13.2 Å². The zero-order valence-corrected chi connectivity index (χ0v) is 16.4. The van der Waals surface area contributed by atoms with Crippen LogP contribution in [0.5, 0.6) is 0 Å². The molecule has 3 nitrogen and oxygen atoms in total. The molecular weight excluding hydrogens is 286 g/mol. The van der Waals surface area contributed by atoms with E-state index in [0.717, 1.165) is 11.0 Å². The van der Waals surface area contributed by atoms with Crippen molar-refractivity contribution >= 4 is 5.97 Å². The van der Waals surface area contributed by atoms with Gasteiger partial charge in [-0.05, 0) is 19.8 Å². The van der Waals surface area contributed by atoms with Crippen molar-refractivity contribution in [2.45, 2.75) is 90.9 Å². The highest BCUT2D eigenvalue weighted by Gasteiger charge is 2.20. The molecule has 0 aliphatic heterocycles. The summed E-state index contributed by atoms with van der Waals surface area (Å²) < 4.78 is 5.78. The van der Waals surface area contributed by atoms with Crippen LogP contribution in [0.3, 0.4) is 0 Å².